The highest BCUT2D eigenvalue weighted by atomic mass is 16.5. The van der Waals surface area contributed by atoms with Gasteiger partial charge in [0, 0.05) is 35.2 Å². The maximum absolute atomic E-state index is 5.98. The Morgan fingerprint density at radius 3 is 2.19 bits per heavy atom. The van der Waals surface area contributed by atoms with Crippen LogP contribution in [-0.4, -0.2) is 35.9 Å². The third kappa shape index (κ3) is 2.89. The normalized spacial score (nSPS) is 37.0. The van der Waals surface area contributed by atoms with Crippen molar-refractivity contribution in [3.05, 3.63) is 0 Å². The first-order valence-electron chi connectivity index (χ1n) is 8.93. The summed E-state index contributed by atoms with van der Waals surface area (Å²) in [6.45, 7) is 12.4. The molecule has 0 amide bonds. The van der Waals surface area contributed by atoms with Crippen molar-refractivity contribution in [3.8, 4) is 0 Å². The molecular formula is C18H34N2O. The molecule has 0 aromatic rings. The van der Waals surface area contributed by atoms with E-state index in [4.69, 9.17) is 4.74 Å². The Morgan fingerprint density at radius 2 is 1.71 bits per heavy atom. The van der Waals surface area contributed by atoms with Gasteiger partial charge in [-0.25, -0.2) is 0 Å². The number of ether oxygens (including phenoxy) is 1. The van der Waals surface area contributed by atoms with Crippen molar-refractivity contribution in [1.29, 1.82) is 0 Å². The SMILES string of the molecule is CCOC1CC(NC2CC(C)(C)NC(C)(C)C2)C12CCC2. The zero-order valence-corrected chi connectivity index (χ0v) is 14.6. The van der Waals surface area contributed by atoms with Gasteiger partial charge in [0.25, 0.3) is 0 Å². The maximum Gasteiger partial charge on any atom is 0.0661 e. The monoisotopic (exact) mass is 294 g/mol. The van der Waals surface area contributed by atoms with Gasteiger partial charge in [0.15, 0.2) is 0 Å². The van der Waals surface area contributed by atoms with E-state index in [2.05, 4.69) is 45.3 Å². The highest BCUT2D eigenvalue weighted by molar-refractivity contribution is 5.13. The number of piperidine rings is 1. The Bertz CT molecular complexity index is 371. The van der Waals surface area contributed by atoms with Crippen molar-refractivity contribution in [2.24, 2.45) is 5.41 Å². The standard InChI is InChI=1S/C18H34N2O/c1-6-21-15-10-14(18(15)8-7-9-18)19-13-11-16(2,3)20-17(4,5)12-13/h13-15,19-20H,6-12H2,1-5H3. The number of rotatable bonds is 4. The van der Waals surface area contributed by atoms with E-state index in [1.807, 2.05) is 0 Å². The maximum atomic E-state index is 5.98. The predicted octanol–water partition coefficient (Wildman–Crippen LogP) is 3.23. The van der Waals surface area contributed by atoms with Gasteiger partial charge in [0.1, 0.15) is 0 Å². The molecule has 0 radical (unpaired) electrons. The number of hydrogen-bond donors (Lipinski definition) is 2. The molecule has 1 spiro atoms. The van der Waals surface area contributed by atoms with E-state index in [-0.39, 0.29) is 11.1 Å². The van der Waals surface area contributed by atoms with Crippen LogP contribution in [0.3, 0.4) is 0 Å². The van der Waals surface area contributed by atoms with Gasteiger partial charge in [-0.15, -0.1) is 0 Å². The van der Waals surface area contributed by atoms with Gasteiger partial charge in [0.2, 0.25) is 0 Å². The minimum absolute atomic E-state index is 0.231. The number of nitrogens with one attached hydrogen (secondary N) is 2. The van der Waals surface area contributed by atoms with Crippen LogP contribution in [0.4, 0.5) is 0 Å². The molecule has 1 saturated heterocycles. The molecule has 2 unspecified atom stereocenters. The van der Waals surface area contributed by atoms with Gasteiger partial charge in [0.05, 0.1) is 6.10 Å². The van der Waals surface area contributed by atoms with Gasteiger partial charge < -0.3 is 15.4 Å². The summed E-state index contributed by atoms with van der Waals surface area (Å²) < 4.78 is 5.98. The van der Waals surface area contributed by atoms with Gasteiger partial charge in [-0.3, -0.25) is 0 Å². The van der Waals surface area contributed by atoms with E-state index in [1.165, 1.54) is 38.5 Å². The molecule has 21 heavy (non-hydrogen) atoms. The quantitative estimate of drug-likeness (QED) is 0.835. The lowest BCUT2D eigenvalue weighted by molar-refractivity contribution is -0.176. The summed E-state index contributed by atoms with van der Waals surface area (Å²) in [5.74, 6) is 0. The third-order valence-corrected chi connectivity index (χ3v) is 6.06. The van der Waals surface area contributed by atoms with Crippen molar-refractivity contribution in [1.82, 2.24) is 10.6 Å². The second-order valence-corrected chi connectivity index (χ2v) is 8.98. The largest absolute Gasteiger partial charge is 0.378 e. The molecule has 2 aliphatic carbocycles. The van der Waals surface area contributed by atoms with Crippen LogP contribution in [0.1, 0.15) is 73.1 Å². The first-order valence-corrected chi connectivity index (χ1v) is 8.93. The molecule has 1 heterocycles. The molecule has 3 fully saturated rings. The summed E-state index contributed by atoms with van der Waals surface area (Å²) in [7, 11) is 0. The Hall–Kier alpha value is -0.120. The van der Waals surface area contributed by atoms with Gasteiger partial charge in [-0.1, -0.05) is 6.42 Å². The Kier molecular flexibility index (Phi) is 3.91. The zero-order valence-electron chi connectivity index (χ0n) is 14.6. The first-order chi connectivity index (χ1) is 9.76. The number of hydrogen-bond acceptors (Lipinski definition) is 3. The summed E-state index contributed by atoms with van der Waals surface area (Å²) in [6, 6.07) is 1.33. The van der Waals surface area contributed by atoms with E-state index in [1.54, 1.807) is 0 Å². The van der Waals surface area contributed by atoms with Crippen molar-refractivity contribution in [2.75, 3.05) is 6.61 Å². The molecule has 0 aromatic carbocycles. The van der Waals surface area contributed by atoms with Crippen molar-refractivity contribution >= 4 is 0 Å². The molecule has 3 heteroatoms. The third-order valence-electron chi connectivity index (χ3n) is 6.06. The Balaban J connectivity index is 1.62. The van der Waals surface area contributed by atoms with Crippen LogP contribution in [0, 0.1) is 5.41 Å². The molecule has 0 aromatic heterocycles. The molecule has 122 valence electrons. The lowest BCUT2D eigenvalue weighted by atomic mass is 9.50. The summed E-state index contributed by atoms with van der Waals surface area (Å²) in [5.41, 5.74) is 0.944. The summed E-state index contributed by atoms with van der Waals surface area (Å²) in [5, 5.41) is 7.81. The van der Waals surface area contributed by atoms with Crippen LogP contribution < -0.4 is 10.6 Å². The summed E-state index contributed by atoms with van der Waals surface area (Å²) in [4.78, 5) is 0. The fraction of sp³-hybridized carbons (Fsp3) is 1.00. The second-order valence-electron chi connectivity index (χ2n) is 8.98. The molecule has 2 N–H and O–H groups in total. The molecular weight excluding hydrogens is 260 g/mol. The fourth-order valence-corrected chi connectivity index (χ4v) is 5.40. The molecule has 0 bridgehead atoms. The molecule has 2 saturated carbocycles. The topological polar surface area (TPSA) is 33.3 Å². The lowest BCUT2D eigenvalue weighted by Gasteiger charge is -2.62. The van der Waals surface area contributed by atoms with Gasteiger partial charge >= 0.3 is 0 Å². The van der Waals surface area contributed by atoms with Crippen LogP contribution in [-0.2, 0) is 4.74 Å². The Labute approximate surface area is 130 Å². The average molecular weight is 294 g/mol. The zero-order chi connectivity index (χ0) is 15.3. The molecule has 3 nitrogen and oxygen atoms in total. The highest BCUT2D eigenvalue weighted by Crippen LogP contribution is 2.57. The van der Waals surface area contributed by atoms with E-state index in [9.17, 15) is 0 Å². The van der Waals surface area contributed by atoms with Crippen LogP contribution in [0.15, 0.2) is 0 Å². The van der Waals surface area contributed by atoms with Crippen LogP contribution in [0.5, 0.6) is 0 Å². The predicted molar refractivity (Wildman–Crippen MR) is 87.6 cm³/mol. The van der Waals surface area contributed by atoms with E-state index < -0.39 is 0 Å². The average Bonchev–Trinajstić information content (AvgIpc) is 2.20. The molecule has 1 aliphatic heterocycles. The minimum atomic E-state index is 0.231. The minimum Gasteiger partial charge on any atom is -0.378 e. The summed E-state index contributed by atoms with van der Waals surface area (Å²) >= 11 is 0. The van der Waals surface area contributed by atoms with Gasteiger partial charge in [-0.05, 0) is 66.7 Å². The van der Waals surface area contributed by atoms with Crippen molar-refractivity contribution < 1.29 is 4.74 Å². The van der Waals surface area contributed by atoms with Crippen molar-refractivity contribution in [2.45, 2.75) is 102 Å². The lowest BCUT2D eigenvalue weighted by Crippen LogP contribution is -2.70. The second kappa shape index (κ2) is 5.21. The van der Waals surface area contributed by atoms with Crippen LogP contribution in [0.2, 0.25) is 0 Å². The summed E-state index contributed by atoms with van der Waals surface area (Å²) in [6.07, 6.45) is 8.32. The van der Waals surface area contributed by atoms with Crippen LogP contribution in [0.25, 0.3) is 0 Å². The Morgan fingerprint density at radius 1 is 1.10 bits per heavy atom. The molecule has 2 atom stereocenters. The van der Waals surface area contributed by atoms with Gasteiger partial charge in [-0.2, -0.15) is 0 Å². The first kappa shape index (κ1) is 15.8. The van der Waals surface area contributed by atoms with E-state index in [0.717, 1.165) is 6.61 Å². The smallest absolute Gasteiger partial charge is 0.0661 e. The van der Waals surface area contributed by atoms with E-state index in [0.29, 0.717) is 23.6 Å². The highest BCUT2D eigenvalue weighted by Gasteiger charge is 2.59. The fourth-order valence-electron chi connectivity index (χ4n) is 5.40. The van der Waals surface area contributed by atoms with E-state index >= 15 is 0 Å². The van der Waals surface area contributed by atoms with Crippen LogP contribution >= 0.6 is 0 Å². The van der Waals surface area contributed by atoms with Crippen molar-refractivity contribution in [3.63, 3.8) is 0 Å². The molecule has 3 aliphatic rings. The molecule has 3 rings (SSSR count).